The maximum atomic E-state index is 9.89. The molecule has 0 fully saturated rings. The number of para-hydroxylation sites is 2. The number of nitrogens with zero attached hydrogens (tertiary/aromatic N) is 2. The number of hydrogen-bond donors (Lipinski definition) is 1. The van der Waals surface area contributed by atoms with Crippen molar-refractivity contribution in [1.82, 2.24) is 9.78 Å². The van der Waals surface area contributed by atoms with Crippen molar-refractivity contribution in [3.8, 4) is 22.7 Å². The minimum absolute atomic E-state index is 0.250. The molecule has 2 aromatic carbocycles. The van der Waals surface area contributed by atoms with Crippen molar-refractivity contribution in [3.63, 3.8) is 0 Å². The first-order valence-corrected chi connectivity index (χ1v) is 6.16. The number of hydrogen-bond acceptors (Lipinski definition) is 2. The molecule has 0 aliphatic rings. The summed E-state index contributed by atoms with van der Waals surface area (Å²) in [5, 5.41) is 14.5. The molecule has 0 radical (unpaired) electrons. The molecule has 0 spiro atoms. The van der Waals surface area contributed by atoms with E-state index in [-0.39, 0.29) is 5.75 Å². The predicted molar refractivity (Wildman–Crippen MR) is 75.4 cm³/mol. The Hall–Kier alpha value is -2.55. The van der Waals surface area contributed by atoms with Gasteiger partial charge in [0.05, 0.1) is 11.4 Å². The Labute approximate surface area is 111 Å². The lowest BCUT2D eigenvalue weighted by Crippen LogP contribution is -1.98. The molecule has 0 saturated heterocycles. The molecule has 0 unspecified atom stereocenters. The average molecular weight is 250 g/mol. The van der Waals surface area contributed by atoms with E-state index in [1.165, 1.54) is 0 Å². The molecule has 0 bridgehead atoms. The van der Waals surface area contributed by atoms with Crippen LogP contribution in [0.2, 0.25) is 0 Å². The standard InChI is InChI=1S/C16H14N2O/c1-12-11-15(14-9-5-6-10-16(14)19)17-18(12)13-7-3-2-4-8-13/h2-11,19H,1H3. The van der Waals surface area contributed by atoms with Crippen LogP contribution in [-0.4, -0.2) is 14.9 Å². The molecule has 3 heteroatoms. The molecule has 94 valence electrons. The van der Waals surface area contributed by atoms with Gasteiger partial charge >= 0.3 is 0 Å². The lowest BCUT2D eigenvalue weighted by molar-refractivity contribution is 0.477. The molecule has 3 nitrogen and oxygen atoms in total. The Kier molecular flexibility index (Phi) is 2.80. The van der Waals surface area contributed by atoms with E-state index in [1.54, 1.807) is 12.1 Å². The smallest absolute Gasteiger partial charge is 0.125 e. The summed E-state index contributed by atoms with van der Waals surface area (Å²) in [5.41, 5.74) is 3.57. The van der Waals surface area contributed by atoms with Gasteiger partial charge < -0.3 is 5.11 Å². The van der Waals surface area contributed by atoms with E-state index in [0.717, 1.165) is 22.6 Å². The number of rotatable bonds is 2. The summed E-state index contributed by atoms with van der Waals surface area (Å²) in [6.45, 7) is 2.00. The van der Waals surface area contributed by atoms with Crippen LogP contribution in [0.1, 0.15) is 5.69 Å². The Bertz CT molecular complexity index is 702. The van der Waals surface area contributed by atoms with Gasteiger partial charge in [0.2, 0.25) is 0 Å². The molecule has 0 amide bonds. The highest BCUT2D eigenvalue weighted by atomic mass is 16.3. The second-order valence-electron chi connectivity index (χ2n) is 4.44. The van der Waals surface area contributed by atoms with Crippen LogP contribution >= 0.6 is 0 Å². The highest BCUT2D eigenvalue weighted by Gasteiger charge is 2.10. The van der Waals surface area contributed by atoms with Gasteiger partial charge in [-0.25, -0.2) is 4.68 Å². The van der Waals surface area contributed by atoms with Crippen molar-refractivity contribution in [1.29, 1.82) is 0 Å². The van der Waals surface area contributed by atoms with E-state index >= 15 is 0 Å². The zero-order valence-electron chi connectivity index (χ0n) is 10.6. The highest BCUT2D eigenvalue weighted by Crippen LogP contribution is 2.28. The third kappa shape index (κ3) is 2.10. The van der Waals surface area contributed by atoms with E-state index in [1.807, 2.05) is 60.1 Å². The van der Waals surface area contributed by atoms with Gasteiger partial charge in [-0.2, -0.15) is 5.10 Å². The molecule has 19 heavy (non-hydrogen) atoms. The minimum atomic E-state index is 0.250. The number of phenols is 1. The van der Waals surface area contributed by atoms with E-state index in [0.29, 0.717) is 0 Å². The van der Waals surface area contributed by atoms with Crippen molar-refractivity contribution in [2.24, 2.45) is 0 Å². The van der Waals surface area contributed by atoms with Gasteiger partial charge in [-0.1, -0.05) is 30.3 Å². The normalized spacial score (nSPS) is 10.6. The molecule has 0 atom stereocenters. The Morgan fingerprint density at radius 3 is 2.37 bits per heavy atom. The molecular formula is C16H14N2O. The van der Waals surface area contributed by atoms with Crippen LogP contribution in [0.3, 0.4) is 0 Å². The number of aryl methyl sites for hydroxylation is 1. The Morgan fingerprint density at radius 2 is 1.63 bits per heavy atom. The third-order valence-corrected chi connectivity index (χ3v) is 3.07. The maximum absolute atomic E-state index is 9.89. The van der Waals surface area contributed by atoms with Crippen LogP contribution < -0.4 is 0 Å². The predicted octanol–water partition coefficient (Wildman–Crippen LogP) is 3.55. The first-order chi connectivity index (χ1) is 9.25. The van der Waals surface area contributed by atoms with E-state index < -0.39 is 0 Å². The van der Waals surface area contributed by atoms with Crippen LogP contribution in [0.4, 0.5) is 0 Å². The number of aromatic nitrogens is 2. The number of aromatic hydroxyl groups is 1. The van der Waals surface area contributed by atoms with Crippen molar-refractivity contribution in [2.75, 3.05) is 0 Å². The van der Waals surface area contributed by atoms with Crippen molar-refractivity contribution in [2.45, 2.75) is 6.92 Å². The van der Waals surface area contributed by atoms with E-state index in [2.05, 4.69) is 5.10 Å². The lowest BCUT2D eigenvalue weighted by Gasteiger charge is -2.03. The molecule has 3 rings (SSSR count). The molecule has 0 aliphatic heterocycles. The number of benzene rings is 2. The van der Waals surface area contributed by atoms with Crippen molar-refractivity contribution >= 4 is 0 Å². The molecule has 1 aromatic heterocycles. The summed E-state index contributed by atoms with van der Waals surface area (Å²) < 4.78 is 1.88. The molecule has 1 heterocycles. The summed E-state index contributed by atoms with van der Waals surface area (Å²) in [5.74, 6) is 0.250. The summed E-state index contributed by atoms with van der Waals surface area (Å²) in [7, 11) is 0. The fourth-order valence-electron chi connectivity index (χ4n) is 2.13. The van der Waals surface area contributed by atoms with Crippen LogP contribution in [-0.2, 0) is 0 Å². The molecule has 3 aromatic rings. The van der Waals surface area contributed by atoms with Crippen LogP contribution in [0.25, 0.3) is 16.9 Å². The number of phenolic OH excluding ortho intramolecular Hbond substituents is 1. The first kappa shape index (κ1) is 11.5. The molecule has 0 saturated carbocycles. The maximum Gasteiger partial charge on any atom is 0.125 e. The van der Waals surface area contributed by atoms with Crippen LogP contribution in [0.15, 0.2) is 60.7 Å². The monoisotopic (exact) mass is 250 g/mol. The van der Waals surface area contributed by atoms with Gasteiger partial charge in [0.15, 0.2) is 0 Å². The van der Waals surface area contributed by atoms with E-state index in [4.69, 9.17) is 0 Å². The van der Waals surface area contributed by atoms with Gasteiger partial charge in [0, 0.05) is 11.3 Å². The summed E-state index contributed by atoms with van der Waals surface area (Å²) in [4.78, 5) is 0. The fourth-order valence-corrected chi connectivity index (χ4v) is 2.13. The molecular weight excluding hydrogens is 236 g/mol. The minimum Gasteiger partial charge on any atom is -0.507 e. The second kappa shape index (κ2) is 4.61. The zero-order valence-corrected chi connectivity index (χ0v) is 10.6. The fraction of sp³-hybridized carbons (Fsp3) is 0.0625. The SMILES string of the molecule is Cc1cc(-c2ccccc2O)nn1-c1ccccc1. The topological polar surface area (TPSA) is 38.1 Å². The Balaban J connectivity index is 2.10. The van der Waals surface area contributed by atoms with Crippen molar-refractivity contribution < 1.29 is 5.11 Å². The largest absolute Gasteiger partial charge is 0.507 e. The van der Waals surface area contributed by atoms with Gasteiger partial charge in [-0.05, 0) is 37.3 Å². The van der Waals surface area contributed by atoms with E-state index in [9.17, 15) is 5.11 Å². The average Bonchev–Trinajstić information content (AvgIpc) is 2.82. The summed E-state index contributed by atoms with van der Waals surface area (Å²) in [6, 6.07) is 19.2. The van der Waals surface area contributed by atoms with Gasteiger partial charge in [-0.3, -0.25) is 0 Å². The third-order valence-electron chi connectivity index (χ3n) is 3.07. The molecule has 1 N–H and O–H groups in total. The van der Waals surface area contributed by atoms with Crippen LogP contribution in [0.5, 0.6) is 5.75 Å². The summed E-state index contributed by atoms with van der Waals surface area (Å²) in [6.07, 6.45) is 0. The Morgan fingerprint density at radius 1 is 0.947 bits per heavy atom. The van der Waals surface area contributed by atoms with Crippen LogP contribution in [0, 0.1) is 6.92 Å². The highest BCUT2D eigenvalue weighted by molar-refractivity contribution is 5.67. The molecule has 0 aliphatic carbocycles. The van der Waals surface area contributed by atoms with Crippen molar-refractivity contribution in [3.05, 3.63) is 66.4 Å². The first-order valence-electron chi connectivity index (χ1n) is 6.16. The van der Waals surface area contributed by atoms with Gasteiger partial charge in [0.25, 0.3) is 0 Å². The zero-order chi connectivity index (χ0) is 13.2. The quantitative estimate of drug-likeness (QED) is 0.755. The second-order valence-corrected chi connectivity index (χ2v) is 4.44. The lowest BCUT2D eigenvalue weighted by atomic mass is 10.1. The van der Waals surface area contributed by atoms with Gasteiger partial charge in [-0.15, -0.1) is 0 Å². The summed E-state index contributed by atoms with van der Waals surface area (Å²) >= 11 is 0. The van der Waals surface area contributed by atoms with Gasteiger partial charge in [0.1, 0.15) is 5.75 Å².